The molecule has 0 atom stereocenters. The highest BCUT2D eigenvalue weighted by Crippen LogP contribution is 2.02. The molecule has 0 N–H and O–H groups in total. The molecular weight excluding hydrogens is 192 g/mol. The van der Waals surface area contributed by atoms with Gasteiger partial charge in [0.2, 0.25) is 18.0 Å². The van der Waals surface area contributed by atoms with Gasteiger partial charge < -0.3 is 4.52 Å². The van der Waals surface area contributed by atoms with Crippen molar-refractivity contribution < 1.29 is 9.32 Å². The molecule has 0 aliphatic heterocycles. The van der Waals surface area contributed by atoms with E-state index in [1.807, 2.05) is 30.3 Å². The molecule has 4 heteroatoms. The van der Waals surface area contributed by atoms with Gasteiger partial charge in [-0.1, -0.05) is 41.6 Å². The number of hydrogen-bond acceptors (Lipinski definition) is 4. The summed E-state index contributed by atoms with van der Waals surface area (Å²) in [5, 5.41) is 3.44. The summed E-state index contributed by atoms with van der Waals surface area (Å²) in [6, 6.07) is 9.52. The maximum atomic E-state index is 11.4. The first-order chi connectivity index (χ1) is 7.36. The number of nitrogens with zero attached hydrogens (tertiary/aromatic N) is 2. The second-order valence-corrected chi connectivity index (χ2v) is 2.86. The Labute approximate surface area is 86.2 Å². The van der Waals surface area contributed by atoms with E-state index in [1.165, 1.54) is 6.08 Å². The normalized spacial score (nSPS) is 10.7. The lowest BCUT2D eigenvalue weighted by atomic mass is 10.2. The third-order valence-electron chi connectivity index (χ3n) is 1.81. The van der Waals surface area contributed by atoms with Crippen LogP contribution in [0, 0.1) is 0 Å². The maximum Gasteiger partial charge on any atom is 0.242 e. The van der Waals surface area contributed by atoms with Gasteiger partial charge >= 0.3 is 0 Å². The minimum Gasteiger partial charge on any atom is -0.342 e. The van der Waals surface area contributed by atoms with Crippen molar-refractivity contribution in [3.8, 4) is 0 Å². The van der Waals surface area contributed by atoms with Crippen molar-refractivity contribution in [2.45, 2.75) is 0 Å². The van der Waals surface area contributed by atoms with Gasteiger partial charge in [-0.15, -0.1) is 0 Å². The number of allylic oxidation sites excluding steroid dienone is 1. The van der Waals surface area contributed by atoms with Crippen LogP contribution >= 0.6 is 0 Å². The first-order valence-electron chi connectivity index (χ1n) is 4.40. The van der Waals surface area contributed by atoms with Gasteiger partial charge in [-0.25, -0.2) is 0 Å². The molecule has 0 spiro atoms. The smallest absolute Gasteiger partial charge is 0.242 e. The zero-order chi connectivity index (χ0) is 10.5. The van der Waals surface area contributed by atoms with E-state index >= 15 is 0 Å². The third-order valence-corrected chi connectivity index (χ3v) is 1.81. The van der Waals surface area contributed by atoms with E-state index in [2.05, 4.69) is 14.7 Å². The highest BCUT2D eigenvalue weighted by Gasteiger charge is 2.05. The Balaban J connectivity index is 2.10. The lowest BCUT2D eigenvalue weighted by Crippen LogP contribution is -1.96. The monoisotopic (exact) mass is 200 g/mol. The Morgan fingerprint density at radius 1 is 1.27 bits per heavy atom. The van der Waals surface area contributed by atoms with Gasteiger partial charge in [-0.3, -0.25) is 4.79 Å². The molecule has 0 aliphatic carbocycles. The SMILES string of the molecule is O=C(/C=C/c1ccccc1)c1ncon1. The number of carbonyl (C=O) groups is 1. The van der Waals surface area contributed by atoms with Gasteiger partial charge in [-0.2, -0.15) is 4.98 Å². The fourth-order valence-electron chi connectivity index (χ4n) is 1.09. The molecule has 0 saturated heterocycles. The van der Waals surface area contributed by atoms with Gasteiger partial charge in [0.1, 0.15) is 0 Å². The van der Waals surface area contributed by atoms with Gasteiger partial charge in [-0.05, 0) is 11.6 Å². The standard InChI is InChI=1S/C11H8N2O2/c14-10(11-12-8-15-13-11)7-6-9-4-2-1-3-5-9/h1-8H/b7-6+. The molecule has 1 aromatic heterocycles. The van der Waals surface area contributed by atoms with Crippen LogP contribution in [0.1, 0.15) is 16.2 Å². The van der Waals surface area contributed by atoms with E-state index in [1.54, 1.807) is 6.08 Å². The summed E-state index contributed by atoms with van der Waals surface area (Å²) in [6.45, 7) is 0. The van der Waals surface area contributed by atoms with Gasteiger partial charge in [0.25, 0.3) is 0 Å². The molecule has 0 bridgehead atoms. The average molecular weight is 200 g/mol. The fraction of sp³-hybridized carbons (Fsp3) is 0. The van der Waals surface area contributed by atoms with Crippen LogP contribution in [0.25, 0.3) is 6.08 Å². The van der Waals surface area contributed by atoms with Crippen LogP contribution in [0.3, 0.4) is 0 Å². The molecule has 1 aromatic carbocycles. The lowest BCUT2D eigenvalue weighted by Gasteiger charge is -1.89. The maximum absolute atomic E-state index is 11.4. The highest BCUT2D eigenvalue weighted by atomic mass is 16.5. The summed E-state index contributed by atoms with van der Waals surface area (Å²) >= 11 is 0. The van der Waals surface area contributed by atoms with Crippen molar-refractivity contribution in [2.24, 2.45) is 0 Å². The van der Waals surface area contributed by atoms with E-state index in [0.717, 1.165) is 12.0 Å². The second kappa shape index (κ2) is 4.32. The summed E-state index contributed by atoms with van der Waals surface area (Å²) in [5.41, 5.74) is 0.953. The molecule has 15 heavy (non-hydrogen) atoms. The van der Waals surface area contributed by atoms with Crippen molar-refractivity contribution >= 4 is 11.9 Å². The van der Waals surface area contributed by atoms with E-state index in [0.29, 0.717) is 0 Å². The average Bonchev–Trinajstić information content (AvgIpc) is 2.81. The highest BCUT2D eigenvalue weighted by molar-refractivity contribution is 6.03. The first kappa shape index (κ1) is 9.33. The van der Waals surface area contributed by atoms with E-state index in [-0.39, 0.29) is 11.6 Å². The molecule has 74 valence electrons. The molecule has 0 fully saturated rings. The minimum atomic E-state index is -0.271. The molecule has 1 heterocycles. The molecule has 2 aromatic rings. The van der Waals surface area contributed by atoms with Gasteiger partial charge in [0, 0.05) is 0 Å². The van der Waals surface area contributed by atoms with Crippen LogP contribution in [-0.2, 0) is 0 Å². The quantitative estimate of drug-likeness (QED) is 0.561. The zero-order valence-electron chi connectivity index (χ0n) is 7.83. The summed E-state index contributed by atoms with van der Waals surface area (Å²) in [4.78, 5) is 15.1. The largest absolute Gasteiger partial charge is 0.342 e. The van der Waals surface area contributed by atoms with Crippen LogP contribution < -0.4 is 0 Å². The van der Waals surface area contributed by atoms with Crippen molar-refractivity contribution in [1.29, 1.82) is 0 Å². The number of aromatic nitrogens is 2. The first-order valence-corrected chi connectivity index (χ1v) is 4.40. The molecule has 0 unspecified atom stereocenters. The fourth-order valence-corrected chi connectivity index (χ4v) is 1.09. The van der Waals surface area contributed by atoms with Gasteiger partial charge in [0.15, 0.2) is 0 Å². The summed E-state index contributed by atoms with van der Waals surface area (Å²) < 4.78 is 4.47. The van der Waals surface area contributed by atoms with Crippen LogP contribution in [0.4, 0.5) is 0 Å². The third kappa shape index (κ3) is 2.37. The lowest BCUT2D eigenvalue weighted by molar-refractivity contribution is 0.103. The Hall–Kier alpha value is -2.23. The Kier molecular flexibility index (Phi) is 2.69. The number of ketones is 1. The molecule has 4 nitrogen and oxygen atoms in total. The Bertz CT molecular complexity index is 461. The van der Waals surface area contributed by atoms with Crippen molar-refractivity contribution in [2.75, 3.05) is 0 Å². The van der Waals surface area contributed by atoms with E-state index < -0.39 is 0 Å². The summed E-state index contributed by atoms with van der Waals surface area (Å²) in [7, 11) is 0. The van der Waals surface area contributed by atoms with Crippen LogP contribution in [0.2, 0.25) is 0 Å². The van der Waals surface area contributed by atoms with Gasteiger partial charge in [0.05, 0.1) is 0 Å². The number of rotatable bonds is 3. The molecule has 0 amide bonds. The topological polar surface area (TPSA) is 56.0 Å². The predicted octanol–water partition coefficient (Wildman–Crippen LogP) is 1.97. The summed E-state index contributed by atoms with van der Waals surface area (Å²) in [5.74, 6) is -0.199. The number of carbonyl (C=O) groups excluding carboxylic acids is 1. The molecule has 2 rings (SSSR count). The van der Waals surface area contributed by atoms with Crippen LogP contribution in [0.15, 0.2) is 47.3 Å². The second-order valence-electron chi connectivity index (χ2n) is 2.86. The predicted molar refractivity (Wildman–Crippen MR) is 54.1 cm³/mol. The van der Waals surface area contributed by atoms with E-state index in [9.17, 15) is 4.79 Å². The molecular formula is C11H8N2O2. The Morgan fingerprint density at radius 3 is 2.73 bits per heavy atom. The van der Waals surface area contributed by atoms with Crippen molar-refractivity contribution in [3.05, 3.63) is 54.2 Å². The van der Waals surface area contributed by atoms with Crippen LogP contribution in [-0.4, -0.2) is 15.9 Å². The van der Waals surface area contributed by atoms with Crippen molar-refractivity contribution in [1.82, 2.24) is 10.1 Å². The minimum absolute atomic E-state index is 0.0715. The molecule has 0 saturated carbocycles. The molecule has 0 radical (unpaired) electrons. The van der Waals surface area contributed by atoms with Crippen LogP contribution in [0.5, 0.6) is 0 Å². The summed E-state index contributed by atoms with van der Waals surface area (Å²) in [6.07, 6.45) is 4.25. The molecule has 0 aliphatic rings. The Morgan fingerprint density at radius 2 is 2.07 bits per heavy atom. The number of hydrogen-bond donors (Lipinski definition) is 0. The van der Waals surface area contributed by atoms with E-state index in [4.69, 9.17) is 0 Å². The zero-order valence-corrected chi connectivity index (χ0v) is 7.83. The van der Waals surface area contributed by atoms with Crippen molar-refractivity contribution in [3.63, 3.8) is 0 Å². The number of benzene rings is 1.